The molecule has 1 N–H and O–H groups in total. The summed E-state index contributed by atoms with van der Waals surface area (Å²) in [6, 6.07) is 3.24. The molecule has 0 saturated carbocycles. The largest absolute Gasteiger partial charge is 0.343 e. The van der Waals surface area contributed by atoms with Gasteiger partial charge >= 0.3 is 6.03 Å². The van der Waals surface area contributed by atoms with Crippen LogP contribution < -0.4 is 5.32 Å². The van der Waals surface area contributed by atoms with Crippen LogP contribution >= 0.6 is 0 Å². The number of rotatable bonds is 4. The summed E-state index contributed by atoms with van der Waals surface area (Å²) in [5.41, 5.74) is 0.936. The number of nitrogens with zero attached hydrogens (tertiary/aromatic N) is 3. The van der Waals surface area contributed by atoms with Crippen molar-refractivity contribution >= 4 is 17.6 Å². The molecule has 2 heterocycles. The second-order valence-electron chi connectivity index (χ2n) is 6.63. The van der Waals surface area contributed by atoms with Gasteiger partial charge in [0.25, 0.3) is 5.91 Å². The van der Waals surface area contributed by atoms with E-state index in [0.29, 0.717) is 11.4 Å². The average Bonchev–Trinajstić information content (AvgIpc) is 2.80. The molecule has 6 nitrogen and oxygen atoms in total. The van der Waals surface area contributed by atoms with E-state index in [0.717, 1.165) is 31.8 Å². The number of anilines is 1. The van der Waals surface area contributed by atoms with Gasteiger partial charge < -0.3 is 15.1 Å². The van der Waals surface area contributed by atoms with Crippen molar-refractivity contribution in [3.8, 4) is 0 Å². The minimum absolute atomic E-state index is 0.0957. The first-order valence-electron chi connectivity index (χ1n) is 8.75. The quantitative estimate of drug-likeness (QED) is 0.920. The Morgan fingerprint density at radius 1 is 1.33 bits per heavy atom. The fraction of sp³-hybridized carbons (Fsp3) is 0.611. The van der Waals surface area contributed by atoms with Crippen molar-refractivity contribution in [2.75, 3.05) is 32.5 Å². The summed E-state index contributed by atoms with van der Waals surface area (Å²) in [6.45, 7) is 3.80. The molecule has 0 aliphatic carbocycles. The minimum Gasteiger partial charge on any atom is -0.343 e. The van der Waals surface area contributed by atoms with Crippen LogP contribution in [0.15, 0.2) is 18.3 Å². The topological polar surface area (TPSA) is 65.5 Å². The van der Waals surface area contributed by atoms with E-state index in [1.165, 1.54) is 24.2 Å². The van der Waals surface area contributed by atoms with Gasteiger partial charge in [-0.15, -0.1) is 0 Å². The molecule has 1 aromatic rings. The molecule has 0 bridgehead atoms. The van der Waals surface area contributed by atoms with Crippen LogP contribution in [0.4, 0.5) is 10.5 Å². The third kappa shape index (κ3) is 4.94. The number of urea groups is 1. The molecule has 1 atom stereocenters. The predicted molar refractivity (Wildman–Crippen MR) is 95.1 cm³/mol. The monoisotopic (exact) mass is 332 g/mol. The molecule has 1 aliphatic rings. The van der Waals surface area contributed by atoms with E-state index < -0.39 is 0 Å². The van der Waals surface area contributed by atoms with E-state index in [9.17, 15) is 9.59 Å². The molecule has 0 spiro atoms. The molecule has 6 heteroatoms. The second-order valence-corrected chi connectivity index (χ2v) is 6.63. The third-order valence-electron chi connectivity index (χ3n) is 4.47. The van der Waals surface area contributed by atoms with Gasteiger partial charge in [0.05, 0.1) is 0 Å². The lowest BCUT2D eigenvalue weighted by Crippen LogP contribution is -2.35. The third-order valence-corrected chi connectivity index (χ3v) is 4.47. The average molecular weight is 332 g/mol. The zero-order valence-electron chi connectivity index (χ0n) is 14.9. The predicted octanol–water partition coefficient (Wildman–Crippen LogP) is 3.22. The molecular formula is C18H28N4O2. The van der Waals surface area contributed by atoms with Crippen molar-refractivity contribution in [1.29, 1.82) is 0 Å². The Balaban J connectivity index is 1.97. The van der Waals surface area contributed by atoms with Crippen LogP contribution in [0.25, 0.3) is 0 Å². The summed E-state index contributed by atoms with van der Waals surface area (Å²) in [5, 5.41) is 2.90. The Bertz CT molecular complexity index is 574. The Labute approximate surface area is 144 Å². The Hall–Kier alpha value is -2.11. The van der Waals surface area contributed by atoms with Gasteiger partial charge in [-0.05, 0) is 37.3 Å². The van der Waals surface area contributed by atoms with E-state index in [1.807, 2.05) is 4.90 Å². The molecule has 2 rings (SSSR count). The van der Waals surface area contributed by atoms with Gasteiger partial charge in [0.15, 0.2) is 0 Å². The molecule has 3 amide bonds. The van der Waals surface area contributed by atoms with Gasteiger partial charge in [-0.2, -0.15) is 0 Å². The van der Waals surface area contributed by atoms with Gasteiger partial charge in [-0.3, -0.25) is 9.78 Å². The van der Waals surface area contributed by atoms with Crippen molar-refractivity contribution < 1.29 is 9.59 Å². The van der Waals surface area contributed by atoms with Gasteiger partial charge in [0.1, 0.15) is 5.69 Å². The summed E-state index contributed by atoms with van der Waals surface area (Å²) in [4.78, 5) is 31.9. The Morgan fingerprint density at radius 2 is 2.12 bits per heavy atom. The van der Waals surface area contributed by atoms with Gasteiger partial charge in [0.2, 0.25) is 0 Å². The standard InChI is InChI=1S/C18H28N4O2/c1-4-6-14-7-5-11-22(12-9-14)18(24)20-15-8-10-19-16(13-15)17(23)21(2)3/h8,10,13-14H,4-7,9,11-12H2,1-3H3,(H,19,20,24). The molecule has 1 aliphatic heterocycles. The number of amides is 3. The van der Waals surface area contributed by atoms with Crippen LogP contribution in [-0.2, 0) is 0 Å². The number of carbonyl (C=O) groups excluding carboxylic acids is 2. The number of hydrogen-bond donors (Lipinski definition) is 1. The van der Waals surface area contributed by atoms with Crippen LogP contribution in [0.1, 0.15) is 49.5 Å². The summed E-state index contributed by atoms with van der Waals surface area (Å²) >= 11 is 0. The molecule has 0 aromatic carbocycles. The number of nitrogens with one attached hydrogen (secondary N) is 1. The highest BCUT2D eigenvalue weighted by Gasteiger charge is 2.20. The normalized spacial score (nSPS) is 18.0. The molecule has 1 fully saturated rings. The van der Waals surface area contributed by atoms with E-state index in [2.05, 4.69) is 17.2 Å². The summed E-state index contributed by atoms with van der Waals surface area (Å²) in [7, 11) is 3.36. The van der Waals surface area contributed by atoms with Gasteiger partial charge in [0, 0.05) is 39.1 Å². The van der Waals surface area contributed by atoms with E-state index >= 15 is 0 Å². The van der Waals surface area contributed by atoms with Crippen LogP contribution in [0.5, 0.6) is 0 Å². The summed E-state index contributed by atoms with van der Waals surface area (Å²) in [6.07, 6.45) is 7.33. The van der Waals surface area contributed by atoms with Gasteiger partial charge in [-0.25, -0.2) is 4.79 Å². The van der Waals surface area contributed by atoms with E-state index in [4.69, 9.17) is 0 Å². The van der Waals surface area contributed by atoms with Crippen molar-refractivity contribution in [2.24, 2.45) is 5.92 Å². The van der Waals surface area contributed by atoms with Crippen molar-refractivity contribution in [1.82, 2.24) is 14.8 Å². The fourth-order valence-corrected chi connectivity index (χ4v) is 3.12. The van der Waals surface area contributed by atoms with Crippen LogP contribution in [0, 0.1) is 5.92 Å². The highest BCUT2D eigenvalue weighted by molar-refractivity contribution is 5.95. The molecule has 132 valence electrons. The smallest absolute Gasteiger partial charge is 0.321 e. The zero-order valence-corrected chi connectivity index (χ0v) is 14.9. The summed E-state index contributed by atoms with van der Waals surface area (Å²) < 4.78 is 0. The molecule has 1 aromatic heterocycles. The second kappa shape index (κ2) is 8.66. The maximum absolute atomic E-state index is 12.5. The first kappa shape index (κ1) is 18.2. The highest BCUT2D eigenvalue weighted by Crippen LogP contribution is 2.22. The van der Waals surface area contributed by atoms with Crippen LogP contribution in [0.3, 0.4) is 0 Å². The molecule has 24 heavy (non-hydrogen) atoms. The SMILES string of the molecule is CCCC1CCCN(C(=O)Nc2ccnc(C(=O)N(C)C)c2)CC1. The Morgan fingerprint density at radius 3 is 2.83 bits per heavy atom. The number of carbonyl (C=O) groups is 2. The lowest BCUT2D eigenvalue weighted by molar-refractivity contribution is 0.0822. The zero-order chi connectivity index (χ0) is 17.5. The number of pyridine rings is 1. The van der Waals surface area contributed by atoms with Crippen LogP contribution in [0.2, 0.25) is 0 Å². The molecular weight excluding hydrogens is 304 g/mol. The highest BCUT2D eigenvalue weighted by atomic mass is 16.2. The summed E-state index contributed by atoms with van der Waals surface area (Å²) in [5.74, 6) is 0.557. The van der Waals surface area contributed by atoms with Crippen LogP contribution in [-0.4, -0.2) is 53.9 Å². The first-order chi connectivity index (χ1) is 11.5. The lowest BCUT2D eigenvalue weighted by atomic mass is 9.96. The number of likely N-dealkylation sites (tertiary alicyclic amines) is 1. The maximum Gasteiger partial charge on any atom is 0.321 e. The first-order valence-corrected chi connectivity index (χ1v) is 8.75. The molecule has 1 unspecified atom stereocenters. The number of hydrogen-bond acceptors (Lipinski definition) is 3. The van der Waals surface area contributed by atoms with E-state index in [1.54, 1.807) is 32.4 Å². The van der Waals surface area contributed by atoms with Crippen molar-refractivity contribution in [3.63, 3.8) is 0 Å². The van der Waals surface area contributed by atoms with Gasteiger partial charge in [-0.1, -0.05) is 19.8 Å². The molecule has 1 saturated heterocycles. The van der Waals surface area contributed by atoms with Crippen molar-refractivity contribution in [3.05, 3.63) is 24.0 Å². The number of aromatic nitrogens is 1. The lowest BCUT2D eigenvalue weighted by Gasteiger charge is -2.21. The van der Waals surface area contributed by atoms with Crippen molar-refractivity contribution in [2.45, 2.75) is 39.0 Å². The maximum atomic E-state index is 12.5. The Kier molecular flexibility index (Phi) is 6.58. The minimum atomic E-state index is -0.178. The van der Waals surface area contributed by atoms with E-state index in [-0.39, 0.29) is 11.9 Å². The fourth-order valence-electron chi connectivity index (χ4n) is 3.12. The molecule has 0 radical (unpaired) electrons.